The minimum Gasteiger partial charge on any atom is -0.295 e. The number of aromatic nitrogens is 1. The molecule has 1 heterocycles. The van der Waals surface area contributed by atoms with Gasteiger partial charge in [-0.15, -0.1) is 56.7 Å². The third-order valence-corrected chi connectivity index (χ3v) is 2.98. The summed E-state index contributed by atoms with van der Waals surface area (Å²) in [6, 6.07) is 16.3. The molecule has 0 N–H and O–H groups in total. The maximum atomic E-state index is 4.14. The van der Waals surface area contributed by atoms with E-state index in [1.54, 1.807) is 0 Å². The van der Waals surface area contributed by atoms with Crippen LogP contribution in [0.25, 0.3) is 5.57 Å². The number of halogens is 2. The number of rotatable bonds is 2. The summed E-state index contributed by atoms with van der Waals surface area (Å²) in [4.78, 5) is 4.14. The fourth-order valence-corrected chi connectivity index (χ4v) is 1.89. The zero-order valence-electron chi connectivity index (χ0n) is 13.2. The zero-order valence-corrected chi connectivity index (χ0v) is 16.1. The molecule has 1 aromatic carbocycles. The van der Waals surface area contributed by atoms with Gasteiger partial charge in [0.1, 0.15) is 0 Å². The second-order valence-corrected chi connectivity index (χ2v) is 4.79. The van der Waals surface area contributed by atoms with Gasteiger partial charge in [-0.2, -0.15) is 23.6 Å². The number of nitrogens with zero attached hydrogens (tertiary/aromatic N) is 1. The minimum absolute atomic E-state index is 0. The Hall–Kier alpha value is -1.17. The molecule has 122 valence electrons. The van der Waals surface area contributed by atoms with Crippen LogP contribution in [-0.4, -0.2) is 4.98 Å². The van der Waals surface area contributed by atoms with Crippen molar-refractivity contribution in [3.63, 3.8) is 0 Å². The molecule has 1 nitrogen and oxygen atoms in total. The SMILES string of the molecule is C[C-](C)c1ccccn1.Cl.Cl.[C-]1=CC(c2ccccc2)=CC1.[Cr+2]. The van der Waals surface area contributed by atoms with E-state index in [4.69, 9.17) is 0 Å². The van der Waals surface area contributed by atoms with Crippen LogP contribution < -0.4 is 0 Å². The summed E-state index contributed by atoms with van der Waals surface area (Å²) in [5.74, 6) is 1.26. The average molecular weight is 386 g/mol. The molecule has 2 aromatic rings. The van der Waals surface area contributed by atoms with Crippen LogP contribution >= 0.6 is 24.8 Å². The third-order valence-electron chi connectivity index (χ3n) is 2.98. The molecule has 0 atom stereocenters. The van der Waals surface area contributed by atoms with E-state index >= 15 is 0 Å². The van der Waals surface area contributed by atoms with Gasteiger partial charge in [0.2, 0.25) is 0 Å². The van der Waals surface area contributed by atoms with E-state index in [0.717, 1.165) is 12.1 Å². The summed E-state index contributed by atoms with van der Waals surface area (Å²) in [6.45, 7) is 4.12. The fourth-order valence-electron chi connectivity index (χ4n) is 1.89. The molecule has 1 aliphatic carbocycles. The van der Waals surface area contributed by atoms with Crippen molar-refractivity contribution in [2.75, 3.05) is 0 Å². The largest absolute Gasteiger partial charge is 2.00 e. The molecule has 0 saturated heterocycles. The van der Waals surface area contributed by atoms with Crippen molar-refractivity contribution in [3.8, 4) is 0 Å². The minimum atomic E-state index is 0. The summed E-state index contributed by atoms with van der Waals surface area (Å²) < 4.78 is 0. The molecule has 23 heavy (non-hydrogen) atoms. The molecule has 0 bridgehead atoms. The van der Waals surface area contributed by atoms with Crippen LogP contribution in [-0.2, 0) is 17.4 Å². The van der Waals surface area contributed by atoms with Crippen molar-refractivity contribution in [2.45, 2.75) is 20.3 Å². The molecular formula is C19H21Cl2CrN. The maximum absolute atomic E-state index is 4.14. The third kappa shape index (κ3) is 8.30. The molecule has 3 rings (SSSR count). The standard InChI is InChI=1S/C11H9.C8H10N.2ClH.Cr/c1-2-6-10(7-3-1)11-8-4-5-9-11;1-7(2)8-5-3-4-6-9-8;;;/h1-3,6-9H,4H2;3-6H,1-2H3;2*1H;/q2*-1;;;+2. The average Bonchev–Trinajstić information content (AvgIpc) is 3.04. The van der Waals surface area contributed by atoms with E-state index in [1.165, 1.54) is 17.1 Å². The monoisotopic (exact) mass is 385 g/mol. The molecule has 0 radical (unpaired) electrons. The fraction of sp³-hybridized carbons (Fsp3) is 0.158. The van der Waals surface area contributed by atoms with Gasteiger partial charge < -0.3 is 0 Å². The summed E-state index contributed by atoms with van der Waals surface area (Å²) in [5.41, 5.74) is 3.67. The van der Waals surface area contributed by atoms with Crippen molar-refractivity contribution in [1.82, 2.24) is 4.98 Å². The van der Waals surface area contributed by atoms with Crippen LogP contribution in [0.3, 0.4) is 0 Å². The Morgan fingerprint density at radius 2 is 1.61 bits per heavy atom. The Labute approximate surface area is 162 Å². The van der Waals surface area contributed by atoms with Gasteiger partial charge in [0.15, 0.2) is 0 Å². The van der Waals surface area contributed by atoms with E-state index in [9.17, 15) is 0 Å². The summed E-state index contributed by atoms with van der Waals surface area (Å²) in [5, 5.41) is 0. The second kappa shape index (κ2) is 13.3. The Bertz CT molecular complexity index is 581. The van der Waals surface area contributed by atoms with Gasteiger partial charge in [0.25, 0.3) is 0 Å². The molecule has 1 aliphatic rings. The van der Waals surface area contributed by atoms with Crippen molar-refractivity contribution < 1.29 is 17.4 Å². The molecule has 1 aromatic heterocycles. The van der Waals surface area contributed by atoms with Crippen molar-refractivity contribution in [3.05, 3.63) is 90.1 Å². The Morgan fingerprint density at radius 1 is 0.957 bits per heavy atom. The number of allylic oxidation sites excluding steroid dienone is 4. The van der Waals surface area contributed by atoms with Crippen molar-refractivity contribution >= 4 is 30.4 Å². The molecule has 0 aliphatic heterocycles. The summed E-state index contributed by atoms with van der Waals surface area (Å²) in [6.07, 6.45) is 10.2. The first kappa shape index (κ1) is 24.1. The van der Waals surface area contributed by atoms with Crippen LogP contribution in [0.5, 0.6) is 0 Å². The van der Waals surface area contributed by atoms with E-state index in [-0.39, 0.29) is 42.2 Å². The Kier molecular flexibility index (Phi) is 13.9. The molecule has 0 spiro atoms. The van der Waals surface area contributed by atoms with Crippen LogP contribution in [0.2, 0.25) is 0 Å². The molecule has 0 unspecified atom stereocenters. The van der Waals surface area contributed by atoms with Crippen LogP contribution in [0.15, 0.2) is 66.9 Å². The van der Waals surface area contributed by atoms with Gasteiger partial charge in [0.05, 0.1) is 0 Å². The van der Waals surface area contributed by atoms with Gasteiger partial charge in [-0.25, -0.2) is 6.08 Å². The number of benzene rings is 1. The Morgan fingerprint density at radius 3 is 2.04 bits per heavy atom. The van der Waals surface area contributed by atoms with Crippen molar-refractivity contribution in [2.24, 2.45) is 0 Å². The molecule has 0 amide bonds. The Balaban J connectivity index is 0. The van der Waals surface area contributed by atoms with Gasteiger partial charge in [0, 0.05) is 6.20 Å². The summed E-state index contributed by atoms with van der Waals surface area (Å²) in [7, 11) is 0. The van der Waals surface area contributed by atoms with E-state index in [0.29, 0.717) is 0 Å². The predicted molar refractivity (Wildman–Crippen MR) is 99.3 cm³/mol. The first-order valence-electron chi connectivity index (χ1n) is 6.81. The van der Waals surface area contributed by atoms with E-state index < -0.39 is 0 Å². The number of hydrogen-bond acceptors (Lipinski definition) is 1. The summed E-state index contributed by atoms with van der Waals surface area (Å²) >= 11 is 0. The topological polar surface area (TPSA) is 12.9 Å². The van der Waals surface area contributed by atoms with E-state index in [2.05, 4.69) is 61.3 Å². The zero-order chi connectivity index (χ0) is 14.2. The first-order valence-corrected chi connectivity index (χ1v) is 6.81. The van der Waals surface area contributed by atoms with Crippen molar-refractivity contribution in [1.29, 1.82) is 0 Å². The quantitative estimate of drug-likeness (QED) is 0.602. The van der Waals surface area contributed by atoms with Gasteiger partial charge in [-0.3, -0.25) is 11.1 Å². The van der Waals surface area contributed by atoms with Gasteiger partial charge >= 0.3 is 17.4 Å². The normalized spacial score (nSPS) is 10.8. The second-order valence-electron chi connectivity index (χ2n) is 4.79. The smallest absolute Gasteiger partial charge is 0.295 e. The van der Waals surface area contributed by atoms with Crippen LogP contribution in [0, 0.1) is 12.0 Å². The molecule has 0 fully saturated rings. The van der Waals surface area contributed by atoms with Gasteiger partial charge in [-0.1, -0.05) is 42.1 Å². The molecule has 4 heteroatoms. The number of hydrogen-bond donors (Lipinski definition) is 0. The molecular weight excluding hydrogens is 365 g/mol. The number of pyridine rings is 1. The first-order chi connectivity index (χ1) is 9.77. The molecule has 0 saturated carbocycles. The predicted octanol–water partition coefficient (Wildman–Crippen LogP) is 5.72. The maximum Gasteiger partial charge on any atom is 2.00 e. The van der Waals surface area contributed by atoms with Crippen LogP contribution in [0.1, 0.15) is 31.5 Å². The van der Waals surface area contributed by atoms with Crippen LogP contribution in [0.4, 0.5) is 0 Å². The van der Waals surface area contributed by atoms with Gasteiger partial charge in [-0.05, 0) is 0 Å². The van der Waals surface area contributed by atoms with E-state index in [1.807, 2.05) is 30.5 Å².